The van der Waals surface area contributed by atoms with Gasteiger partial charge in [-0.1, -0.05) is 5.16 Å². The van der Waals surface area contributed by atoms with Crippen LogP contribution in [0.4, 0.5) is 0 Å². The number of hydrogen-bond acceptors (Lipinski definition) is 5. The molecule has 0 spiro atoms. The molecule has 1 aromatic rings. The van der Waals surface area contributed by atoms with Crippen molar-refractivity contribution in [2.45, 2.75) is 39.7 Å². The lowest BCUT2D eigenvalue weighted by molar-refractivity contribution is -0.00833. The van der Waals surface area contributed by atoms with Gasteiger partial charge in [0.25, 0.3) is 0 Å². The number of aliphatic imine (C=N–C) groups is 1. The van der Waals surface area contributed by atoms with Crippen molar-refractivity contribution in [3.63, 3.8) is 0 Å². The summed E-state index contributed by atoms with van der Waals surface area (Å²) >= 11 is 0. The third kappa shape index (κ3) is 4.95. The molecule has 2 heterocycles. The molecule has 2 rings (SSSR count). The minimum absolute atomic E-state index is 0.0586. The highest BCUT2D eigenvalue weighted by Crippen LogP contribution is 2.15. The quantitative estimate of drug-likeness (QED) is 0.598. The van der Waals surface area contributed by atoms with Crippen molar-refractivity contribution in [1.29, 1.82) is 0 Å². The van der Waals surface area contributed by atoms with Crippen LogP contribution in [0.3, 0.4) is 0 Å². The fourth-order valence-electron chi connectivity index (χ4n) is 2.97. The van der Waals surface area contributed by atoms with Crippen molar-refractivity contribution >= 4 is 5.96 Å². The summed E-state index contributed by atoms with van der Waals surface area (Å²) in [5.74, 6) is 1.72. The molecule has 0 unspecified atom stereocenters. The minimum Gasteiger partial charge on any atom is -0.379 e. The number of aryl methyl sites for hydroxylation is 2. The Bertz CT molecular complexity index is 528. The highest BCUT2D eigenvalue weighted by Gasteiger charge is 2.28. The van der Waals surface area contributed by atoms with Gasteiger partial charge in [0.15, 0.2) is 5.96 Å². The van der Waals surface area contributed by atoms with E-state index in [1.165, 1.54) is 5.56 Å². The third-order valence-corrected chi connectivity index (χ3v) is 4.63. The van der Waals surface area contributed by atoms with E-state index in [9.17, 15) is 0 Å². The zero-order valence-corrected chi connectivity index (χ0v) is 15.6. The molecule has 0 bridgehead atoms. The molecule has 7 heteroatoms. The summed E-state index contributed by atoms with van der Waals surface area (Å²) < 4.78 is 10.6. The van der Waals surface area contributed by atoms with E-state index < -0.39 is 0 Å². The summed E-state index contributed by atoms with van der Waals surface area (Å²) in [6.07, 6.45) is 0.870. The second-order valence-electron chi connectivity index (χ2n) is 6.82. The van der Waals surface area contributed by atoms with Crippen LogP contribution in [0.1, 0.15) is 30.9 Å². The van der Waals surface area contributed by atoms with E-state index in [-0.39, 0.29) is 5.54 Å². The fraction of sp³-hybridized carbons (Fsp3) is 0.765. The minimum atomic E-state index is 0.0586. The molecule has 7 nitrogen and oxygen atoms in total. The Morgan fingerprint density at radius 2 is 1.96 bits per heavy atom. The molecule has 136 valence electrons. The molecule has 1 aromatic heterocycles. The number of aromatic nitrogens is 1. The van der Waals surface area contributed by atoms with Gasteiger partial charge in [0.05, 0.1) is 18.9 Å². The lowest BCUT2D eigenvalue weighted by Gasteiger charge is -2.41. The third-order valence-electron chi connectivity index (χ3n) is 4.63. The lowest BCUT2D eigenvalue weighted by atomic mass is 10.0. The Morgan fingerprint density at radius 1 is 1.25 bits per heavy atom. The smallest absolute Gasteiger partial charge is 0.191 e. The predicted molar refractivity (Wildman–Crippen MR) is 95.5 cm³/mol. The zero-order valence-electron chi connectivity index (χ0n) is 15.6. The fourth-order valence-corrected chi connectivity index (χ4v) is 2.97. The van der Waals surface area contributed by atoms with Crippen LogP contribution in [0.25, 0.3) is 0 Å². The average molecular weight is 337 g/mol. The van der Waals surface area contributed by atoms with E-state index in [2.05, 4.69) is 39.5 Å². The van der Waals surface area contributed by atoms with E-state index >= 15 is 0 Å². The summed E-state index contributed by atoms with van der Waals surface area (Å²) in [7, 11) is 1.80. The standard InChI is InChI=1S/C17H31N5O2/c1-13-15(14(2)24-21-13)6-7-19-16(18-5)20-12-17(3,4)22-8-10-23-11-9-22/h6-12H2,1-5H3,(H2,18,19,20). The van der Waals surface area contributed by atoms with Crippen molar-refractivity contribution < 1.29 is 9.26 Å². The predicted octanol–water partition coefficient (Wildman–Crippen LogP) is 1.11. The molecular formula is C17H31N5O2. The van der Waals surface area contributed by atoms with Crippen LogP contribution in [0.15, 0.2) is 9.52 Å². The molecule has 0 radical (unpaired) electrons. The van der Waals surface area contributed by atoms with Gasteiger partial charge in [0, 0.05) is 44.3 Å². The Kier molecular flexibility index (Phi) is 6.62. The van der Waals surface area contributed by atoms with Gasteiger partial charge in [-0.15, -0.1) is 0 Å². The molecule has 1 saturated heterocycles. The second kappa shape index (κ2) is 8.48. The summed E-state index contributed by atoms with van der Waals surface area (Å²) in [4.78, 5) is 6.77. The average Bonchev–Trinajstić information content (AvgIpc) is 2.90. The molecule has 1 aliphatic rings. The highest BCUT2D eigenvalue weighted by molar-refractivity contribution is 5.79. The van der Waals surface area contributed by atoms with Crippen LogP contribution >= 0.6 is 0 Å². The molecule has 0 atom stereocenters. The van der Waals surface area contributed by atoms with Crippen LogP contribution in [-0.4, -0.2) is 68.0 Å². The van der Waals surface area contributed by atoms with Crippen molar-refractivity contribution in [2.75, 3.05) is 46.4 Å². The summed E-state index contributed by atoms with van der Waals surface area (Å²) in [5.41, 5.74) is 2.19. The Balaban J connectivity index is 1.77. The molecule has 0 aromatic carbocycles. The Hall–Kier alpha value is -1.60. The van der Waals surface area contributed by atoms with Gasteiger partial charge in [-0.25, -0.2) is 0 Å². The van der Waals surface area contributed by atoms with Gasteiger partial charge in [0.2, 0.25) is 0 Å². The molecule has 1 aliphatic heterocycles. The molecule has 1 fully saturated rings. The first-order valence-electron chi connectivity index (χ1n) is 8.63. The van der Waals surface area contributed by atoms with E-state index in [1.807, 2.05) is 13.8 Å². The van der Waals surface area contributed by atoms with E-state index in [1.54, 1.807) is 7.05 Å². The zero-order chi connectivity index (χ0) is 17.6. The SMILES string of the molecule is CN=C(NCCc1c(C)noc1C)NCC(C)(C)N1CCOCC1. The van der Waals surface area contributed by atoms with E-state index in [4.69, 9.17) is 9.26 Å². The molecular weight excluding hydrogens is 306 g/mol. The van der Waals surface area contributed by atoms with Crippen LogP contribution in [0.2, 0.25) is 0 Å². The van der Waals surface area contributed by atoms with Crippen molar-refractivity contribution in [3.8, 4) is 0 Å². The monoisotopic (exact) mass is 337 g/mol. The summed E-state index contributed by atoms with van der Waals surface area (Å²) in [6, 6.07) is 0. The number of nitrogens with one attached hydrogen (secondary N) is 2. The van der Waals surface area contributed by atoms with Gasteiger partial charge in [-0.05, 0) is 34.1 Å². The first-order valence-corrected chi connectivity index (χ1v) is 8.63. The summed E-state index contributed by atoms with van der Waals surface area (Å²) in [5, 5.41) is 10.8. The van der Waals surface area contributed by atoms with Crippen LogP contribution < -0.4 is 10.6 Å². The molecule has 24 heavy (non-hydrogen) atoms. The van der Waals surface area contributed by atoms with E-state index in [0.717, 1.165) is 63.2 Å². The normalized spacial score (nSPS) is 17.1. The number of hydrogen-bond donors (Lipinski definition) is 2. The van der Waals surface area contributed by atoms with Gasteiger partial charge in [-0.2, -0.15) is 0 Å². The molecule has 0 aliphatic carbocycles. The topological polar surface area (TPSA) is 74.9 Å². The largest absolute Gasteiger partial charge is 0.379 e. The number of rotatable bonds is 6. The lowest BCUT2D eigenvalue weighted by Crippen LogP contribution is -2.56. The first kappa shape index (κ1) is 18.7. The maximum Gasteiger partial charge on any atom is 0.191 e. The maximum atomic E-state index is 5.44. The van der Waals surface area contributed by atoms with Gasteiger partial charge < -0.3 is 19.9 Å². The molecule has 0 saturated carbocycles. The molecule has 2 N–H and O–H groups in total. The second-order valence-corrected chi connectivity index (χ2v) is 6.82. The van der Waals surface area contributed by atoms with Crippen LogP contribution in [0.5, 0.6) is 0 Å². The summed E-state index contributed by atoms with van der Waals surface area (Å²) in [6.45, 7) is 13.6. The number of nitrogens with zero attached hydrogens (tertiary/aromatic N) is 3. The molecule has 0 amide bonds. The van der Waals surface area contributed by atoms with Crippen LogP contribution in [-0.2, 0) is 11.2 Å². The number of ether oxygens (including phenoxy) is 1. The van der Waals surface area contributed by atoms with Gasteiger partial charge in [-0.3, -0.25) is 9.89 Å². The van der Waals surface area contributed by atoms with Crippen molar-refractivity contribution in [2.24, 2.45) is 4.99 Å². The van der Waals surface area contributed by atoms with Crippen molar-refractivity contribution in [1.82, 2.24) is 20.7 Å². The van der Waals surface area contributed by atoms with Gasteiger partial charge in [0.1, 0.15) is 5.76 Å². The first-order chi connectivity index (χ1) is 11.4. The van der Waals surface area contributed by atoms with Gasteiger partial charge >= 0.3 is 0 Å². The Labute approximate surface area is 144 Å². The highest BCUT2D eigenvalue weighted by atomic mass is 16.5. The number of guanidine groups is 1. The van der Waals surface area contributed by atoms with E-state index in [0.29, 0.717) is 0 Å². The Morgan fingerprint density at radius 3 is 2.54 bits per heavy atom. The maximum absolute atomic E-state index is 5.44. The van der Waals surface area contributed by atoms with Crippen molar-refractivity contribution in [3.05, 3.63) is 17.0 Å². The number of morpholine rings is 1. The van der Waals surface area contributed by atoms with Crippen LogP contribution in [0, 0.1) is 13.8 Å².